The van der Waals surface area contributed by atoms with E-state index < -0.39 is 11.8 Å². The van der Waals surface area contributed by atoms with E-state index in [1.54, 1.807) is 0 Å². The summed E-state index contributed by atoms with van der Waals surface area (Å²) in [5.74, 6) is -1.33. The monoisotopic (exact) mass is 229 g/mol. The van der Waals surface area contributed by atoms with Gasteiger partial charge in [-0.05, 0) is 18.9 Å². The number of carbonyl (C=O) groups excluding carboxylic acids is 3. The number of amides is 3. The van der Waals surface area contributed by atoms with E-state index in [1.165, 1.54) is 0 Å². The van der Waals surface area contributed by atoms with Crippen molar-refractivity contribution in [2.24, 2.45) is 11.7 Å². The molecule has 3 amide bonds. The van der Waals surface area contributed by atoms with Crippen LogP contribution in [-0.4, -0.2) is 42.8 Å². The average molecular weight is 229 g/mol. The summed E-state index contributed by atoms with van der Waals surface area (Å²) in [7, 11) is 0. The molecule has 0 aromatic rings. The Balaban J connectivity index is 4.16. The summed E-state index contributed by atoms with van der Waals surface area (Å²) in [4.78, 5) is 34.2. The van der Waals surface area contributed by atoms with Gasteiger partial charge in [0.15, 0.2) is 0 Å². The van der Waals surface area contributed by atoms with Crippen molar-refractivity contribution in [1.82, 2.24) is 10.2 Å². The highest BCUT2D eigenvalue weighted by atomic mass is 16.2. The van der Waals surface area contributed by atoms with Crippen LogP contribution in [0.15, 0.2) is 0 Å². The van der Waals surface area contributed by atoms with E-state index in [0.29, 0.717) is 25.9 Å². The van der Waals surface area contributed by atoms with Crippen LogP contribution in [0.2, 0.25) is 0 Å². The van der Waals surface area contributed by atoms with E-state index in [4.69, 9.17) is 5.73 Å². The summed E-state index contributed by atoms with van der Waals surface area (Å²) < 4.78 is 0. The van der Waals surface area contributed by atoms with Crippen LogP contribution in [0.5, 0.6) is 0 Å². The van der Waals surface area contributed by atoms with E-state index in [9.17, 15) is 14.4 Å². The molecule has 0 atom stereocenters. The van der Waals surface area contributed by atoms with Crippen molar-refractivity contribution >= 4 is 18.2 Å². The standard InChI is InChI=1S/C10H19N3O3/c1-8(2)6-12-9(15)10(16)13(7-14)5-3-4-11/h7-8H,3-6,11H2,1-2H3,(H,12,15). The zero-order valence-corrected chi connectivity index (χ0v) is 9.73. The van der Waals surface area contributed by atoms with Gasteiger partial charge in [0.05, 0.1) is 0 Å². The lowest BCUT2D eigenvalue weighted by Gasteiger charge is -2.14. The Hall–Kier alpha value is -1.43. The number of nitrogens with one attached hydrogen (secondary N) is 1. The molecule has 0 aliphatic carbocycles. The van der Waals surface area contributed by atoms with Crippen LogP contribution in [0, 0.1) is 5.92 Å². The van der Waals surface area contributed by atoms with Crippen LogP contribution in [-0.2, 0) is 14.4 Å². The molecule has 0 unspecified atom stereocenters. The Morgan fingerprint density at radius 2 is 2.06 bits per heavy atom. The van der Waals surface area contributed by atoms with E-state index in [1.807, 2.05) is 13.8 Å². The molecule has 0 fully saturated rings. The number of imide groups is 1. The fourth-order valence-electron chi connectivity index (χ4n) is 0.967. The molecule has 0 saturated heterocycles. The molecular weight excluding hydrogens is 210 g/mol. The second kappa shape index (κ2) is 7.81. The molecule has 0 aliphatic heterocycles. The van der Waals surface area contributed by atoms with Gasteiger partial charge in [0.2, 0.25) is 6.41 Å². The smallest absolute Gasteiger partial charge is 0.318 e. The third-order valence-corrected chi connectivity index (χ3v) is 1.86. The number of nitrogens with zero attached hydrogens (tertiary/aromatic N) is 1. The van der Waals surface area contributed by atoms with Crippen LogP contribution in [0.25, 0.3) is 0 Å². The molecule has 6 nitrogen and oxygen atoms in total. The first kappa shape index (κ1) is 14.6. The van der Waals surface area contributed by atoms with Gasteiger partial charge in [-0.25, -0.2) is 0 Å². The van der Waals surface area contributed by atoms with Crippen molar-refractivity contribution in [2.45, 2.75) is 20.3 Å². The summed E-state index contributed by atoms with van der Waals surface area (Å²) in [6, 6.07) is 0. The lowest BCUT2D eigenvalue weighted by Crippen LogP contribution is -2.44. The van der Waals surface area contributed by atoms with Gasteiger partial charge in [0.25, 0.3) is 0 Å². The first-order valence-electron chi connectivity index (χ1n) is 5.27. The van der Waals surface area contributed by atoms with Crippen LogP contribution in [0.4, 0.5) is 0 Å². The second-order valence-electron chi connectivity index (χ2n) is 3.85. The third kappa shape index (κ3) is 5.45. The van der Waals surface area contributed by atoms with E-state index >= 15 is 0 Å². The predicted molar refractivity (Wildman–Crippen MR) is 59.3 cm³/mol. The fourth-order valence-corrected chi connectivity index (χ4v) is 0.967. The summed E-state index contributed by atoms with van der Waals surface area (Å²) >= 11 is 0. The third-order valence-electron chi connectivity index (χ3n) is 1.86. The summed E-state index contributed by atoms with van der Waals surface area (Å²) in [6.07, 6.45) is 0.842. The maximum atomic E-state index is 11.4. The molecule has 0 saturated carbocycles. The number of carbonyl (C=O) groups is 3. The molecule has 16 heavy (non-hydrogen) atoms. The van der Waals surface area contributed by atoms with Gasteiger partial charge in [0.1, 0.15) is 0 Å². The van der Waals surface area contributed by atoms with Crippen LogP contribution >= 0.6 is 0 Å². The quantitative estimate of drug-likeness (QED) is 0.455. The maximum Gasteiger partial charge on any atom is 0.318 e. The molecule has 6 heteroatoms. The van der Waals surface area contributed by atoms with Crippen molar-refractivity contribution in [3.05, 3.63) is 0 Å². The van der Waals surface area contributed by atoms with Crippen molar-refractivity contribution in [2.75, 3.05) is 19.6 Å². The van der Waals surface area contributed by atoms with Crippen molar-refractivity contribution in [3.63, 3.8) is 0 Å². The number of nitrogens with two attached hydrogens (primary N) is 1. The molecular formula is C10H19N3O3. The maximum absolute atomic E-state index is 11.4. The Bertz CT molecular complexity index is 254. The summed E-state index contributed by atoms with van der Waals surface area (Å²) in [6.45, 7) is 4.78. The van der Waals surface area contributed by atoms with Crippen molar-refractivity contribution in [1.29, 1.82) is 0 Å². The zero-order chi connectivity index (χ0) is 12.6. The highest BCUT2D eigenvalue weighted by molar-refractivity contribution is 6.36. The van der Waals surface area contributed by atoms with Gasteiger partial charge in [-0.15, -0.1) is 0 Å². The molecule has 92 valence electrons. The van der Waals surface area contributed by atoms with Crippen molar-refractivity contribution < 1.29 is 14.4 Å². The SMILES string of the molecule is CC(C)CNC(=O)C(=O)N(C=O)CCCN. The molecule has 0 aliphatic rings. The lowest BCUT2D eigenvalue weighted by atomic mass is 10.2. The fraction of sp³-hybridized carbons (Fsp3) is 0.700. The largest absolute Gasteiger partial charge is 0.348 e. The van der Waals surface area contributed by atoms with Crippen LogP contribution in [0.3, 0.4) is 0 Å². The molecule has 0 heterocycles. The Morgan fingerprint density at radius 1 is 1.44 bits per heavy atom. The minimum Gasteiger partial charge on any atom is -0.348 e. The van der Waals surface area contributed by atoms with E-state index in [0.717, 1.165) is 4.90 Å². The lowest BCUT2D eigenvalue weighted by molar-refractivity contribution is -0.148. The first-order valence-corrected chi connectivity index (χ1v) is 5.27. The Labute approximate surface area is 95.2 Å². The number of hydrogen-bond acceptors (Lipinski definition) is 4. The van der Waals surface area contributed by atoms with E-state index in [-0.39, 0.29) is 12.5 Å². The second-order valence-corrected chi connectivity index (χ2v) is 3.85. The minimum absolute atomic E-state index is 0.175. The van der Waals surface area contributed by atoms with Gasteiger partial charge in [-0.1, -0.05) is 13.8 Å². The Morgan fingerprint density at radius 3 is 2.50 bits per heavy atom. The summed E-state index contributed by atoms with van der Waals surface area (Å²) in [5.41, 5.74) is 5.25. The topological polar surface area (TPSA) is 92.5 Å². The van der Waals surface area contributed by atoms with Gasteiger partial charge in [-0.2, -0.15) is 0 Å². The molecule has 0 aromatic heterocycles. The number of rotatable bonds is 6. The van der Waals surface area contributed by atoms with Crippen molar-refractivity contribution in [3.8, 4) is 0 Å². The normalized spacial score (nSPS) is 10.0. The Kier molecular flexibility index (Phi) is 7.11. The molecule has 0 radical (unpaired) electrons. The predicted octanol–water partition coefficient (Wildman–Crippen LogP) is -0.908. The molecule has 0 aromatic carbocycles. The first-order chi connectivity index (χ1) is 7.52. The highest BCUT2D eigenvalue weighted by Gasteiger charge is 2.20. The zero-order valence-electron chi connectivity index (χ0n) is 9.73. The molecule has 0 rings (SSSR count). The molecule has 0 spiro atoms. The average Bonchev–Trinajstić information content (AvgIpc) is 2.26. The van der Waals surface area contributed by atoms with E-state index in [2.05, 4.69) is 5.32 Å². The number of hydrogen-bond donors (Lipinski definition) is 2. The molecule has 3 N–H and O–H groups in total. The highest BCUT2D eigenvalue weighted by Crippen LogP contribution is 1.91. The van der Waals surface area contributed by atoms with Gasteiger partial charge in [-0.3, -0.25) is 19.3 Å². The van der Waals surface area contributed by atoms with Gasteiger partial charge < -0.3 is 11.1 Å². The molecule has 0 bridgehead atoms. The van der Waals surface area contributed by atoms with Gasteiger partial charge in [0, 0.05) is 13.1 Å². The van der Waals surface area contributed by atoms with Crippen LogP contribution < -0.4 is 11.1 Å². The van der Waals surface area contributed by atoms with Gasteiger partial charge >= 0.3 is 11.8 Å². The summed E-state index contributed by atoms with van der Waals surface area (Å²) in [5, 5.41) is 2.45. The minimum atomic E-state index is -0.830. The van der Waals surface area contributed by atoms with Crippen LogP contribution in [0.1, 0.15) is 20.3 Å².